The summed E-state index contributed by atoms with van der Waals surface area (Å²) < 4.78 is 4.87. The van der Waals surface area contributed by atoms with Crippen LogP contribution < -0.4 is 11.1 Å². The Bertz CT molecular complexity index is 237. The molecule has 1 aliphatic rings. The van der Waals surface area contributed by atoms with Gasteiger partial charge in [-0.2, -0.15) is 0 Å². The number of carbonyl (C=O) groups is 1. The lowest BCUT2D eigenvalue weighted by atomic mass is 10.0. The van der Waals surface area contributed by atoms with Crippen LogP contribution in [0.25, 0.3) is 0 Å². The minimum atomic E-state index is -0.934. The highest BCUT2D eigenvalue weighted by Gasteiger charge is 2.46. The van der Waals surface area contributed by atoms with Crippen LogP contribution in [-0.4, -0.2) is 42.4 Å². The Hall–Kier alpha value is -0.650. The fraction of sp³-hybridized carbons (Fsp3) is 0.900. The van der Waals surface area contributed by atoms with E-state index in [-0.39, 0.29) is 12.5 Å². The molecule has 1 amide bonds. The zero-order valence-electron chi connectivity index (χ0n) is 9.38. The van der Waals surface area contributed by atoms with Crippen LogP contribution in [0.1, 0.15) is 26.2 Å². The minimum absolute atomic E-state index is 0.166. The molecular weight excluding hydrogens is 196 g/mol. The van der Waals surface area contributed by atoms with Gasteiger partial charge in [0.15, 0.2) is 0 Å². The summed E-state index contributed by atoms with van der Waals surface area (Å²) in [6, 6.07) is 0. The van der Waals surface area contributed by atoms with Gasteiger partial charge in [0.2, 0.25) is 5.91 Å². The number of hydrogen-bond acceptors (Lipinski definition) is 4. The van der Waals surface area contributed by atoms with Crippen molar-refractivity contribution in [2.75, 3.05) is 20.3 Å². The molecule has 0 bridgehead atoms. The van der Waals surface area contributed by atoms with Crippen LogP contribution in [0.2, 0.25) is 0 Å². The molecule has 1 aliphatic carbocycles. The van der Waals surface area contributed by atoms with Crippen LogP contribution in [0.4, 0.5) is 0 Å². The van der Waals surface area contributed by atoms with Crippen molar-refractivity contribution in [3.05, 3.63) is 0 Å². The second-order valence-corrected chi connectivity index (χ2v) is 4.58. The highest BCUT2D eigenvalue weighted by atomic mass is 16.5. The van der Waals surface area contributed by atoms with Crippen molar-refractivity contribution >= 4 is 5.91 Å². The Kier molecular flexibility index (Phi) is 3.70. The number of methoxy groups -OCH3 is 1. The quantitative estimate of drug-likeness (QED) is 0.552. The smallest absolute Gasteiger partial charge is 0.240 e. The number of carbonyl (C=O) groups excluding carboxylic acids is 1. The van der Waals surface area contributed by atoms with Gasteiger partial charge in [0.25, 0.3) is 0 Å². The first-order chi connectivity index (χ1) is 6.90. The molecule has 5 heteroatoms. The minimum Gasteiger partial charge on any atom is -0.388 e. The van der Waals surface area contributed by atoms with E-state index in [0.717, 1.165) is 12.8 Å². The summed E-state index contributed by atoms with van der Waals surface area (Å²) in [4.78, 5) is 11.5. The summed E-state index contributed by atoms with van der Waals surface area (Å²) in [5.74, 6) is -0.166. The number of ether oxygens (including phenoxy) is 1. The van der Waals surface area contributed by atoms with Gasteiger partial charge < -0.3 is 20.9 Å². The van der Waals surface area contributed by atoms with Gasteiger partial charge >= 0.3 is 0 Å². The van der Waals surface area contributed by atoms with Gasteiger partial charge in [-0.1, -0.05) is 0 Å². The van der Waals surface area contributed by atoms with E-state index in [4.69, 9.17) is 10.5 Å². The molecule has 0 aromatic carbocycles. The maximum atomic E-state index is 11.5. The fourth-order valence-electron chi connectivity index (χ4n) is 1.22. The van der Waals surface area contributed by atoms with Crippen molar-refractivity contribution in [2.24, 2.45) is 5.73 Å². The first kappa shape index (κ1) is 12.4. The van der Waals surface area contributed by atoms with Crippen molar-refractivity contribution in [3.63, 3.8) is 0 Å². The Morgan fingerprint density at radius 1 is 1.67 bits per heavy atom. The van der Waals surface area contributed by atoms with E-state index in [1.165, 1.54) is 0 Å². The van der Waals surface area contributed by atoms with E-state index >= 15 is 0 Å². The SMILES string of the molecule is COCCC(C)(O)CNC(=O)C1(N)CC1. The van der Waals surface area contributed by atoms with Crippen LogP contribution in [0.5, 0.6) is 0 Å². The maximum Gasteiger partial charge on any atom is 0.240 e. The Balaban J connectivity index is 2.26. The Morgan fingerprint density at radius 3 is 2.73 bits per heavy atom. The highest BCUT2D eigenvalue weighted by Crippen LogP contribution is 2.32. The van der Waals surface area contributed by atoms with Gasteiger partial charge in [-0.25, -0.2) is 0 Å². The first-order valence-corrected chi connectivity index (χ1v) is 5.18. The van der Waals surface area contributed by atoms with E-state index in [1.54, 1.807) is 14.0 Å². The molecule has 0 spiro atoms. The van der Waals surface area contributed by atoms with Crippen LogP contribution in [0.3, 0.4) is 0 Å². The maximum absolute atomic E-state index is 11.5. The molecule has 1 unspecified atom stereocenters. The zero-order valence-corrected chi connectivity index (χ0v) is 9.38. The summed E-state index contributed by atoms with van der Waals surface area (Å²) in [5.41, 5.74) is 4.10. The lowest BCUT2D eigenvalue weighted by Crippen LogP contribution is -2.48. The molecule has 0 radical (unpaired) electrons. The summed E-state index contributed by atoms with van der Waals surface area (Å²) >= 11 is 0. The van der Waals surface area contributed by atoms with Crippen LogP contribution >= 0.6 is 0 Å². The molecule has 1 atom stereocenters. The summed E-state index contributed by atoms with van der Waals surface area (Å²) in [7, 11) is 1.58. The van der Waals surface area contributed by atoms with Crippen LogP contribution in [-0.2, 0) is 9.53 Å². The normalized spacial score (nSPS) is 21.9. The molecular formula is C10H20N2O3. The van der Waals surface area contributed by atoms with Gasteiger partial charge in [-0.15, -0.1) is 0 Å². The molecule has 5 nitrogen and oxygen atoms in total. The molecule has 4 N–H and O–H groups in total. The standard InChI is InChI=1S/C10H20N2O3/c1-9(14,5-6-15-2)7-12-8(13)10(11)3-4-10/h14H,3-7,11H2,1-2H3,(H,12,13). The van der Waals surface area contributed by atoms with Crippen molar-refractivity contribution in [2.45, 2.75) is 37.3 Å². The third kappa shape index (κ3) is 3.77. The van der Waals surface area contributed by atoms with Gasteiger partial charge in [0.05, 0.1) is 11.1 Å². The van der Waals surface area contributed by atoms with Crippen molar-refractivity contribution in [1.82, 2.24) is 5.32 Å². The average molecular weight is 216 g/mol. The van der Waals surface area contributed by atoms with Gasteiger partial charge in [0.1, 0.15) is 0 Å². The van der Waals surface area contributed by atoms with Crippen LogP contribution in [0.15, 0.2) is 0 Å². The molecule has 0 heterocycles. The summed E-state index contributed by atoms with van der Waals surface area (Å²) in [6.45, 7) is 2.35. The number of amides is 1. The van der Waals surface area contributed by atoms with Crippen molar-refractivity contribution < 1.29 is 14.6 Å². The topological polar surface area (TPSA) is 84.6 Å². The molecule has 1 fully saturated rings. The second-order valence-electron chi connectivity index (χ2n) is 4.58. The van der Waals surface area contributed by atoms with E-state index in [0.29, 0.717) is 13.0 Å². The number of nitrogens with one attached hydrogen (secondary N) is 1. The molecule has 0 aromatic heterocycles. The predicted octanol–water partition coefficient (Wildman–Crippen LogP) is -0.619. The lowest BCUT2D eigenvalue weighted by Gasteiger charge is -2.24. The second kappa shape index (κ2) is 4.47. The predicted molar refractivity (Wildman–Crippen MR) is 56.3 cm³/mol. The first-order valence-electron chi connectivity index (χ1n) is 5.18. The third-order valence-corrected chi connectivity index (χ3v) is 2.72. The summed E-state index contributed by atoms with van der Waals surface area (Å²) in [5, 5.41) is 12.5. The number of rotatable bonds is 6. The van der Waals surface area contributed by atoms with E-state index in [9.17, 15) is 9.90 Å². The number of aliphatic hydroxyl groups is 1. The number of nitrogens with two attached hydrogens (primary N) is 1. The van der Waals surface area contributed by atoms with E-state index < -0.39 is 11.1 Å². The molecule has 0 aromatic rings. The van der Waals surface area contributed by atoms with Crippen molar-refractivity contribution in [1.29, 1.82) is 0 Å². The van der Waals surface area contributed by atoms with Crippen molar-refractivity contribution in [3.8, 4) is 0 Å². The Labute approximate surface area is 90.0 Å². The summed E-state index contributed by atoms with van der Waals surface area (Å²) in [6.07, 6.45) is 1.96. The van der Waals surface area contributed by atoms with Gasteiger partial charge in [-0.05, 0) is 19.8 Å². The number of hydrogen-bond donors (Lipinski definition) is 3. The van der Waals surface area contributed by atoms with Crippen LogP contribution in [0, 0.1) is 0 Å². The fourth-order valence-corrected chi connectivity index (χ4v) is 1.22. The molecule has 88 valence electrons. The molecule has 0 saturated heterocycles. The van der Waals surface area contributed by atoms with E-state index in [1.807, 2.05) is 0 Å². The van der Waals surface area contributed by atoms with E-state index in [2.05, 4.69) is 5.32 Å². The van der Waals surface area contributed by atoms with Gasteiger partial charge in [-0.3, -0.25) is 4.79 Å². The highest BCUT2D eigenvalue weighted by molar-refractivity contribution is 5.88. The zero-order chi connectivity index (χ0) is 11.5. The molecule has 1 saturated carbocycles. The average Bonchev–Trinajstić information content (AvgIpc) is 2.91. The third-order valence-electron chi connectivity index (χ3n) is 2.72. The molecule has 0 aliphatic heterocycles. The largest absolute Gasteiger partial charge is 0.388 e. The monoisotopic (exact) mass is 216 g/mol. The molecule has 15 heavy (non-hydrogen) atoms. The lowest BCUT2D eigenvalue weighted by molar-refractivity contribution is -0.124. The molecule has 1 rings (SSSR count). The van der Waals surface area contributed by atoms with Gasteiger partial charge in [0, 0.05) is 26.7 Å². The Morgan fingerprint density at radius 2 is 2.27 bits per heavy atom.